The van der Waals surface area contributed by atoms with Gasteiger partial charge in [0.15, 0.2) is 0 Å². The maximum atomic E-state index is 4.19. The number of nitrogens with zero attached hydrogens (tertiary/aromatic N) is 12. The number of hydrogen-bond donors (Lipinski definition) is 0. The second-order valence-electron chi connectivity index (χ2n) is 14.6. The second kappa shape index (κ2) is 87.8. The Morgan fingerprint density at radius 2 is 0.184 bits per heavy atom. The summed E-state index contributed by atoms with van der Waals surface area (Å²) in [5, 5.41) is 0. The quantitative estimate of drug-likeness (QED) is 0.156. The van der Waals surface area contributed by atoms with Crippen molar-refractivity contribution in [3.63, 3.8) is 0 Å². The van der Waals surface area contributed by atoms with E-state index < -0.39 is 0 Å². The third-order valence-electron chi connectivity index (χ3n) is 9.55. The summed E-state index contributed by atoms with van der Waals surface area (Å²) in [7, 11) is 0. The van der Waals surface area contributed by atoms with E-state index in [0.717, 1.165) is 68.3 Å². The van der Waals surface area contributed by atoms with Gasteiger partial charge in [0, 0.05) is 74.4 Å². The van der Waals surface area contributed by atoms with Gasteiger partial charge in [-0.25, -0.2) is 0 Å². The van der Waals surface area contributed by atoms with E-state index in [-0.39, 0.29) is 33.6 Å². The average Bonchev–Trinajstić information content (AvgIpc) is 1.28. The molecule has 0 bridgehead atoms. The Balaban J connectivity index is -0.000000155. The normalized spacial score (nSPS) is 7.84. The van der Waals surface area contributed by atoms with Crippen LogP contribution in [0.1, 0.15) is 166 Å². The van der Waals surface area contributed by atoms with E-state index in [0.29, 0.717) is 0 Å². The summed E-state index contributed by atoms with van der Waals surface area (Å²) in [6.45, 7) is 48.0. The Bertz CT molecular complexity index is 2430. The molecule has 1 radical (unpaired) electrons. The molecule has 12 nitrogen and oxygen atoms in total. The molecule has 0 unspecified atom stereocenters. The van der Waals surface area contributed by atoms with Crippen molar-refractivity contribution in [2.24, 2.45) is 0 Å². The fraction of sp³-hybridized carbons (Fsp3) is 0.286. The Kier molecular flexibility index (Phi) is 94.0. The van der Waals surface area contributed by atoms with Crippen molar-refractivity contribution >= 4 is 0 Å². The minimum absolute atomic E-state index is 0. The molecule has 0 aliphatic heterocycles. The van der Waals surface area contributed by atoms with Crippen LogP contribution in [-0.4, -0.2) is 59.8 Å². The average molecular weight is 1420 g/mol. The molecule has 0 aromatic carbocycles. The third-order valence-corrected chi connectivity index (χ3v) is 9.55. The molecule has 0 atom stereocenters. The summed E-state index contributed by atoms with van der Waals surface area (Å²) in [6.07, 6.45) is 21.2. The van der Waals surface area contributed by atoms with Crippen molar-refractivity contribution in [2.45, 2.75) is 166 Å². The molecule has 529 valence electrons. The van der Waals surface area contributed by atoms with Gasteiger partial charge in [-0.2, -0.15) is 0 Å². The molecule has 0 spiro atoms. The number of hydrogen-bond acceptors (Lipinski definition) is 12. The van der Waals surface area contributed by atoms with Gasteiger partial charge in [-0.05, 0) is 146 Å². The van der Waals surface area contributed by atoms with Gasteiger partial charge in [-0.1, -0.05) is 239 Å². The van der Waals surface area contributed by atoms with Crippen molar-refractivity contribution in [1.29, 1.82) is 0 Å². The molecule has 98 heavy (non-hydrogen) atoms. The van der Waals surface area contributed by atoms with Crippen molar-refractivity contribution in [3.8, 4) is 68.3 Å². The van der Waals surface area contributed by atoms with Crippen LogP contribution < -0.4 is 0 Å². The standard InChI is InChI=1S/6C10H8N2.12C2H6.2Co/c6*1-3-7-11-9(5-1)10-6-2-4-8-12-10;12*1-2;;/h6*1-8H;12*1-2H3;;/q;;;;;;;;;;;;;;;;;;+2;+3. The second-order valence-corrected chi connectivity index (χ2v) is 14.6. The maximum absolute atomic E-state index is 4.19. The van der Waals surface area contributed by atoms with Crippen LogP contribution in [0.4, 0.5) is 0 Å². The van der Waals surface area contributed by atoms with Gasteiger partial charge in [0.1, 0.15) is 0 Å². The Hall–Kier alpha value is -9.19. The predicted octanol–water partition coefficient (Wildman–Crippen LogP) is 25.2. The topological polar surface area (TPSA) is 155 Å². The van der Waals surface area contributed by atoms with E-state index >= 15 is 0 Å². The molecule has 12 rings (SSSR count). The van der Waals surface area contributed by atoms with Crippen LogP contribution in [0.25, 0.3) is 68.3 Å². The van der Waals surface area contributed by atoms with E-state index in [1.165, 1.54) is 0 Å². The van der Waals surface area contributed by atoms with Gasteiger partial charge in [0.25, 0.3) is 0 Å². The van der Waals surface area contributed by atoms with Crippen LogP contribution >= 0.6 is 0 Å². The molecule has 12 aromatic heterocycles. The van der Waals surface area contributed by atoms with E-state index in [2.05, 4.69) is 59.8 Å². The molecule has 0 N–H and O–H groups in total. The summed E-state index contributed by atoms with van der Waals surface area (Å²) in [5.74, 6) is 0. The monoisotopic (exact) mass is 1410 g/mol. The zero-order valence-electron chi connectivity index (χ0n) is 63.7. The first-order chi connectivity index (χ1) is 47.8. The van der Waals surface area contributed by atoms with Gasteiger partial charge in [0.2, 0.25) is 0 Å². The SMILES string of the molecule is CC.CC.CC.CC.CC.CC.CC.CC.CC.CC.CC.CC.[Co+2].[Co+3].c1ccc(-c2ccccn2)nc1.c1ccc(-c2ccccn2)nc1.c1ccc(-c2ccccn2)nc1.c1ccc(-c2ccccn2)nc1.c1ccc(-c2ccccn2)nc1.c1ccc(-c2ccccn2)nc1. The zero-order chi connectivity index (χ0) is 73.4. The molecule has 12 aromatic rings. The molecule has 0 saturated heterocycles. The van der Waals surface area contributed by atoms with E-state index in [1.807, 2.05) is 385 Å². The predicted molar refractivity (Wildman–Crippen MR) is 421 cm³/mol. The van der Waals surface area contributed by atoms with Crippen molar-refractivity contribution < 1.29 is 33.6 Å². The molecular formula is C84H120Co2N12+5. The molecule has 0 amide bonds. The smallest absolute Gasteiger partial charge is 0.255 e. The molecule has 0 aliphatic carbocycles. The Morgan fingerprint density at radius 3 is 0.224 bits per heavy atom. The third kappa shape index (κ3) is 52.1. The minimum Gasteiger partial charge on any atom is -0.255 e. The summed E-state index contributed by atoms with van der Waals surface area (Å²) < 4.78 is 0. The number of aromatic nitrogens is 12. The van der Waals surface area contributed by atoms with Crippen molar-refractivity contribution in [3.05, 3.63) is 293 Å². The first kappa shape index (κ1) is 105. The summed E-state index contributed by atoms with van der Waals surface area (Å²) in [5.41, 5.74) is 11.0. The summed E-state index contributed by atoms with van der Waals surface area (Å²) >= 11 is 0. The van der Waals surface area contributed by atoms with Crippen molar-refractivity contribution in [2.75, 3.05) is 0 Å². The first-order valence-corrected chi connectivity index (χ1v) is 34.7. The van der Waals surface area contributed by atoms with Crippen LogP contribution in [0.5, 0.6) is 0 Å². The molecule has 0 fully saturated rings. The van der Waals surface area contributed by atoms with Crippen molar-refractivity contribution in [1.82, 2.24) is 59.8 Å². The van der Waals surface area contributed by atoms with Crippen LogP contribution in [0, 0.1) is 0 Å². The number of rotatable bonds is 6. The van der Waals surface area contributed by atoms with Gasteiger partial charge in [-0.15, -0.1) is 0 Å². The van der Waals surface area contributed by atoms with Crippen LogP contribution in [-0.2, 0) is 33.6 Å². The molecule has 0 aliphatic rings. The minimum atomic E-state index is 0. The maximum Gasteiger partial charge on any atom is 3.00 e. The molecular weight excluding hydrogens is 1290 g/mol. The van der Waals surface area contributed by atoms with E-state index in [1.54, 1.807) is 74.4 Å². The van der Waals surface area contributed by atoms with Crippen LogP contribution in [0.15, 0.2) is 293 Å². The fourth-order valence-electron chi connectivity index (χ4n) is 6.17. The Labute approximate surface area is 616 Å². The zero-order valence-corrected chi connectivity index (χ0v) is 65.8. The Morgan fingerprint density at radius 1 is 0.122 bits per heavy atom. The van der Waals surface area contributed by atoms with Gasteiger partial charge in [-0.3, -0.25) is 59.8 Å². The molecule has 14 heteroatoms. The fourth-order valence-corrected chi connectivity index (χ4v) is 6.17. The van der Waals surface area contributed by atoms with Gasteiger partial charge in [0.05, 0.1) is 68.3 Å². The first-order valence-electron chi connectivity index (χ1n) is 34.7. The molecule has 0 saturated carbocycles. The largest absolute Gasteiger partial charge is 3.00 e. The van der Waals surface area contributed by atoms with Gasteiger partial charge >= 0.3 is 33.6 Å². The van der Waals surface area contributed by atoms with E-state index in [4.69, 9.17) is 0 Å². The summed E-state index contributed by atoms with van der Waals surface area (Å²) in [6, 6.07) is 69.6. The molecule has 12 heterocycles. The van der Waals surface area contributed by atoms with Crippen LogP contribution in [0.3, 0.4) is 0 Å². The van der Waals surface area contributed by atoms with E-state index in [9.17, 15) is 0 Å². The van der Waals surface area contributed by atoms with Gasteiger partial charge < -0.3 is 0 Å². The van der Waals surface area contributed by atoms with Crippen LogP contribution in [0.2, 0.25) is 0 Å². The number of pyridine rings is 12. The summed E-state index contributed by atoms with van der Waals surface area (Å²) in [4.78, 5) is 50.2.